The van der Waals surface area contributed by atoms with Gasteiger partial charge in [0.2, 0.25) is 0 Å². The van der Waals surface area contributed by atoms with E-state index < -0.39 is 0 Å². The van der Waals surface area contributed by atoms with Crippen molar-refractivity contribution in [3.8, 4) is 0 Å². The van der Waals surface area contributed by atoms with Crippen molar-refractivity contribution in [2.45, 2.75) is 46.2 Å². The van der Waals surface area contributed by atoms with Crippen LogP contribution in [0.4, 0.5) is 0 Å². The van der Waals surface area contributed by atoms with Crippen LogP contribution in [0.5, 0.6) is 0 Å². The van der Waals surface area contributed by atoms with Crippen molar-refractivity contribution in [2.75, 3.05) is 7.05 Å². The normalized spacial score (nSPS) is 12.4. The van der Waals surface area contributed by atoms with Gasteiger partial charge in [0, 0.05) is 12.4 Å². The van der Waals surface area contributed by atoms with E-state index in [0.717, 1.165) is 24.5 Å². The minimum absolute atomic E-state index is 0. The Hall–Kier alpha value is -1.15. The van der Waals surface area contributed by atoms with E-state index in [1.165, 1.54) is 16.1 Å². The number of hydrogen-bond donors (Lipinski definition) is 2. The number of nitrogens with zero attached hydrogens (tertiary/aromatic N) is 2. The minimum atomic E-state index is 0. The van der Waals surface area contributed by atoms with Gasteiger partial charge in [-0.25, -0.2) is 4.98 Å². The molecule has 6 heteroatoms. The molecule has 2 aromatic rings. The van der Waals surface area contributed by atoms with Crippen LogP contribution in [0.25, 0.3) is 0 Å². The van der Waals surface area contributed by atoms with Crippen LogP contribution in [0, 0.1) is 0 Å². The molecule has 0 saturated heterocycles. The lowest BCUT2D eigenvalue weighted by Crippen LogP contribution is -2.38. The second-order valence-electron chi connectivity index (χ2n) is 5.47. The molecule has 0 fully saturated rings. The van der Waals surface area contributed by atoms with Crippen LogP contribution in [-0.4, -0.2) is 18.0 Å². The zero-order valence-corrected chi connectivity index (χ0v) is 17.9. The van der Waals surface area contributed by atoms with Crippen LogP contribution in [0.2, 0.25) is 0 Å². The maximum atomic E-state index is 4.56. The molecular weight excluding hydrogens is 431 g/mol. The molecule has 1 aromatic carbocycles. The number of benzene rings is 1. The van der Waals surface area contributed by atoms with Gasteiger partial charge in [-0.05, 0) is 30.9 Å². The van der Waals surface area contributed by atoms with Crippen molar-refractivity contribution in [3.63, 3.8) is 0 Å². The molecule has 0 spiro atoms. The van der Waals surface area contributed by atoms with Crippen molar-refractivity contribution >= 4 is 41.3 Å². The third-order valence-corrected chi connectivity index (χ3v) is 4.85. The zero-order valence-electron chi connectivity index (χ0n) is 14.8. The van der Waals surface area contributed by atoms with Gasteiger partial charge in [0.15, 0.2) is 5.96 Å². The molecule has 1 atom stereocenters. The largest absolute Gasteiger partial charge is 0.351 e. The first-order valence-electron chi connectivity index (χ1n) is 8.15. The van der Waals surface area contributed by atoms with Gasteiger partial charge in [0.25, 0.3) is 0 Å². The summed E-state index contributed by atoms with van der Waals surface area (Å²) in [5, 5.41) is 10.0. The molecule has 4 nitrogen and oxygen atoms in total. The third kappa shape index (κ3) is 6.05. The van der Waals surface area contributed by atoms with Crippen LogP contribution in [0.3, 0.4) is 0 Å². The number of aryl methyl sites for hydroxylation is 2. The lowest BCUT2D eigenvalue weighted by atomic mass is 10.1. The first-order chi connectivity index (χ1) is 11.2. The van der Waals surface area contributed by atoms with Crippen LogP contribution in [0.1, 0.15) is 48.6 Å². The van der Waals surface area contributed by atoms with E-state index in [0.29, 0.717) is 6.54 Å². The number of thiazole rings is 1. The quantitative estimate of drug-likeness (QED) is 0.385. The lowest BCUT2D eigenvalue weighted by molar-refractivity contribution is 0.683. The van der Waals surface area contributed by atoms with Gasteiger partial charge in [-0.1, -0.05) is 38.1 Å². The van der Waals surface area contributed by atoms with Gasteiger partial charge in [-0.3, -0.25) is 4.99 Å². The molecule has 24 heavy (non-hydrogen) atoms. The van der Waals surface area contributed by atoms with E-state index in [4.69, 9.17) is 0 Å². The molecule has 0 aliphatic rings. The maximum absolute atomic E-state index is 4.56. The SMILES string of the molecule is CCc1ccc(C(C)NC(=NC)NCc2csc(CC)n2)cc1.I. The number of nitrogens with one attached hydrogen (secondary N) is 2. The van der Waals surface area contributed by atoms with Crippen LogP contribution >= 0.6 is 35.3 Å². The van der Waals surface area contributed by atoms with E-state index in [-0.39, 0.29) is 30.0 Å². The van der Waals surface area contributed by atoms with Crippen molar-refractivity contribution in [1.82, 2.24) is 15.6 Å². The summed E-state index contributed by atoms with van der Waals surface area (Å²) in [5.74, 6) is 0.795. The second-order valence-corrected chi connectivity index (χ2v) is 6.42. The first kappa shape index (κ1) is 20.9. The summed E-state index contributed by atoms with van der Waals surface area (Å²) in [4.78, 5) is 8.86. The van der Waals surface area contributed by atoms with E-state index in [2.05, 4.69) is 71.0 Å². The Kier molecular flexibility index (Phi) is 9.28. The predicted molar refractivity (Wildman–Crippen MR) is 114 cm³/mol. The lowest BCUT2D eigenvalue weighted by Gasteiger charge is -2.18. The fourth-order valence-electron chi connectivity index (χ4n) is 2.29. The average molecular weight is 458 g/mol. The van der Waals surface area contributed by atoms with Crippen LogP contribution in [0.15, 0.2) is 34.6 Å². The summed E-state index contributed by atoms with van der Waals surface area (Å²) in [5.41, 5.74) is 3.68. The fourth-order valence-corrected chi connectivity index (χ4v) is 3.04. The fraction of sp³-hybridized carbons (Fsp3) is 0.444. The van der Waals surface area contributed by atoms with Gasteiger partial charge in [-0.15, -0.1) is 35.3 Å². The summed E-state index contributed by atoms with van der Waals surface area (Å²) < 4.78 is 0. The molecule has 0 amide bonds. The van der Waals surface area contributed by atoms with Crippen LogP contribution in [-0.2, 0) is 19.4 Å². The number of guanidine groups is 1. The summed E-state index contributed by atoms with van der Waals surface area (Å²) in [6, 6.07) is 8.93. The van der Waals surface area contributed by atoms with Gasteiger partial charge >= 0.3 is 0 Å². The smallest absolute Gasteiger partial charge is 0.191 e. The van der Waals surface area contributed by atoms with Crippen molar-refractivity contribution < 1.29 is 0 Å². The van der Waals surface area contributed by atoms with Gasteiger partial charge in [0.05, 0.1) is 23.3 Å². The zero-order chi connectivity index (χ0) is 16.7. The Morgan fingerprint density at radius 2 is 1.92 bits per heavy atom. The molecule has 0 aliphatic carbocycles. The highest BCUT2D eigenvalue weighted by molar-refractivity contribution is 14.0. The number of hydrogen-bond acceptors (Lipinski definition) is 3. The molecule has 0 radical (unpaired) electrons. The molecule has 1 aromatic heterocycles. The van der Waals surface area contributed by atoms with Gasteiger partial charge in [0.1, 0.15) is 0 Å². The van der Waals surface area contributed by atoms with E-state index in [1.807, 2.05) is 0 Å². The highest BCUT2D eigenvalue weighted by Gasteiger charge is 2.08. The third-order valence-electron chi connectivity index (χ3n) is 3.80. The Labute approximate surface area is 166 Å². The van der Waals surface area contributed by atoms with E-state index >= 15 is 0 Å². The topological polar surface area (TPSA) is 49.3 Å². The monoisotopic (exact) mass is 458 g/mol. The summed E-state index contributed by atoms with van der Waals surface area (Å²) in [7, 11) is 1.79. The molecule has 2 rings (SSSR count). The molecule has 0 saturated carbocycles. The Bertz CT molecular complexity index is 637. The number of rotatable bonds is 6. The molecule has 1 unspecified atom stereocenters. The maximum Gasteiger partial charge on any atom is 0.191 e. The van der Waals surface area contributed by atoms with Crippen LogP contribution < -0.4 is 10.6 Å². The number of aromatic nitrogens is 1. The van der Waals surface area contributed by atoms with Gasteiger partial charge < -0.3 is 10.6 Å². The predicted octanol–water partition coefficient (Wildman–Crippen LogP) is 4.31. The molecular formula is C18H27IN4S. The highest BCUT2D eigenvalue weighted by Crippen LogP contribution is 2.14. The molecule has 132 valence electrons. The Morgan fingerprint density at radius 1 is 1.21 bits per heavy atom. The van der Waals surface area contributed by atoms with E-state index in [9.17, 15) is 0 Å². The first-order valence-corrected chi connectivity index (χ1v) is 9.03. The summed E-state index contributed by atoms with van der Waals surface area (Å²) in [6.07, 6.45) is 2.06. The number of halogens is 1. The standard InChI is InChI=1S/C18H26N4S.HI/c1-5-14-7-9-15(10-8-14)13(3)21-18(19-4)20-11-16-12-23-17(6-2)22-16;/h7-10,12-13H,5-6,11H2,1-4H3,(H2,19,20,21);1H. The minimum Gasteiger partial charge on any atom is -0.351 e. The van der Waals surface area contributed by atoms with E-state index in [1.54, 1.807) is 18.4 Å². The number of aliphatic imine (C=N–C) groups is 1. The van der Waals surface area contributed by atoms with Crippen molar-refractivity contribution in [2.24, 2.45) is 4.99 Å². The Morgan fingerprint density at radius 3 is 2.46 bits per heavy atom. The molecule has 1 heterocycles. The van der Waals surface area contributed by atoms with Crippen molar-refractivity contribution in [3.05, 3.63) is 51.5 Å². The molecule has 0 bridgehead atoms. The summed E-state index contributed by atoms with van der Waals surface area (Å²) >= 11 is 1.71. The highest BCUT2D eigenvalue weighted by atomic mass is 127. The molecule has 2 N–H and O–H groups in total. The Balaban J connectivity index is 0.00000288. The second kappa shape index (κ2) is 10.7. The average Bonchev–Trinajstić information content (AvgIpc) is 3.06. The van der Waals surface area contributed by atoms with Crippen molar-refractivity contribution in [1.29, 1.82) is 0 Å². The summed E-state index contributed by atoms with van der Waals surface area (Å²) in [6.45, 7) is 7.14. The molecule has 0 aliphatic heterocycles. The van der Waals surface area contributed by atoms with Gasteiger partial charge in [-0.2, -0.15) is 0 Å².